The third-order valence-corrected chi connectivity index (χ3v) is 2.94. The van der Waals surface area contributed by atoms with Gasteiger partial charge in [-0.05, 0) is 19.3 Å². The first-order valence-electron chi connectivity index (χ1n) is 7.39. The van der Waals surface area contributed by atoms with Crippen LogP contribution in [0.25, 0.3) is 0 Å². The molecule has 5 nitrogen and oxygen atoms in total. The first kappa shape index (κ1) is 16.9. The van der Waals surface area contributed by atoms with Gasteiger partial charge >= 0.3 is 0 Å². The van der Waals surface area contributed by atoms with Crippen LogP contribution in [-0.2, 0) is 18.9 Å². The number of aliphatic hydroxyl groups is 1. The number of hydrogen-bond donors (Lipinski definition) is 1. The summed E-state index contributed by atoms with van der Waals surface area (Å²) in [4.78, 5) is 0. The Morgan fingerprint density at radius 1 is 0.895 bits per heavy atom. The maximum atomic E-state index is 9.93. The fourth-order valence-corrected chi connectivity index (χ4v) is 2.07. The molecular weight excluding hydrogens is 248 g/mol. The molecule has 1 aliphatic rings. The Morgan fingerprint density at radius 3 is 2.05 bits per heavy atom. The van der Waals surface area contributed by atoms with Gasteiger partial charge in [0, 0.05) is 19.8 Å². The van der Waals surface area contributed by atoms with Crippen LogP contribution < -0.4 is 0 Å². The molecule has 4 atom stereocenters. The summed E-state index contributed by atoms with van der Waals surface area (Å²) in [5.41, 5.74) is 0. The van der Waals surface area contributed by atoms with Gasteiger partial charge in [-0.2, -0.15) is 0 Å². The molecule has 0 aromatic carbocycles. The standard InChI is InChI=1S/C14H28O5/c1-4-7-16-10-11-12(17-8-5-2)13(14(15)19-11)18-9-6-3/h11-15H,4-10H2,1-3H3/t11-,12-,13-,14?/m1/s1. The second kappa shape index (κ2) is 9.66. The Bertz CT molecular complexity index is 224. The van der Waals surface area contributed by atoms with Crippen LogP contribution in [0.3, 0.4) is 0 Å². The van der Waals surface area contributed by atoms with Crippen LogP contribution in [0.2, 0.25) is 0 Å². The summed E-state index contributed by atoms with van der Waals surface area (Å²) in [6, 6.07) is 0. The van der Waals surface area contributed by atoms with E-state index >= 15 is 0 Å². The van der Waals surface area contributed by atoms with E-state index in [1.54, 1.807) is 0 Å². The molecule has 0 saturated carbocycles. The predicted octanol–water partition coefficient (Wildman–Crippen LogP) is 1.72. The minimum absolute atomic E-state index is 0.252. The van der Waals surface area contributed by atoms with Gasteiger partial charge in [-0.1, -0.05) is 20.8 Å². The molecule has 19 heavy (non-hydrogen) atoms. The van der Waals surface area contributed by atoms with Gasteiger partial charge in [-0.15, -0.1) is 0 Å². The van der Waals surface area contributed by atoms with Crippen LogP contribution >= 0.6 is 0 Å². The molecule has 5 heteroatoms. The van der Waals surface area contributed by atoms with Gasteiger partial charge in [0.25, 0.3) is 0 Å². The zero-order valence-electron chi connectivity index (χ0n) is 12.3. The maximum absolute atomic E-state index is 9.93. The summed E-state index contributed by atoms with van der Waals surface area (Å²) < 4.78 is 22.5. The van der Waals surface area contributed by atoms with Gasteiger partial charge in [-0.25, -0.2) is 0 Å². The monoisotopic (exact) mass is 276 g/mol. The molecule has 0 amide bonds. The molecule has 1 fully saturated rings. The lowest BCUT2D eigenvalue weighted by Crippen LogP contribution is -2.39. The summed E-state index contributed by atoms with van der Waals surface area (Å²) in [7, 11) is 0. The van der Waals surface area contributed by atoms with Crippen molar-refractivity contribution in [2.75, 3.05) is 26.4 Å². The maximum Gasteiger partial charge on any atom is 0.184 e. The molecule has 0 spiro atoms. The van der Waals surface area contributed by atoms with Gasteiger partial charge < -0.3 is 24.1 Å². The largest absolute Gasteiger partial charge is 0.379 e. The zero-order chi connectivity index (χ0) is 14.1. The highest BCUT2D eigenvalue weighted by molar-refractivity contribution is 4.88. The van der Waals surface area contributed by atoms with E-state index in [0.717, 1.165) is 19.3 Å². The van der Waals surface area contributed by atoms with E-state index in [1.807, 2.05) is 6.92 Å². The fraction of sp³-hybridized carbons (Fsp3) is 1.00. The molecule has 1 rings (SSSR count). The number of rotatable bonds is 10. The van der Waals surface area contributed by atoms with Crippen molar-refractivity contribution in [1.82, 2.24) is 0 Å². The third-order valence-electron chi connectivity index (χ3n) is 2.94. The topological polar surface area (TPSA) is 57.2 Å². The molecule has 0 bridgehead atoms. The fourth-order valence-electron chi connectivity index (χ4n) is 2.07. The van der Waals surface area contributed by atoms with Gasteiger partial charge in [0.1, 0.15) is 18.3 Å². The SMILES string of the molecule is CCCOC[C@H]1OC(O)[C@H](OCCC)[C@@H]1OCCC. The van der Waals surface area contributed by atoms with Crippen molar-refractivity contribution < 1.29 is 24.1 Å². The minimum atomic E-state index is -0.927. The van der Waals surface area contributed by atoms with Crippen molar-refractivity contribution in [2.45, 2.75) is 64.6 Å². The molecule has 1 aliphatic heterocycles. The summed E-state index contributed by atoms with van der Waals surface area (Å²) in [6.45, 7) is 8.50. The number of aliphatic hydroxyl groups excluding tert-OH is 1. The van der Waals surface area contributed by atoms with Gasteiger partial charge in [-0.3, -0.25) is 0 Å². The van der Waals surface area contributed by atoms with Crippen LogP contribution in [0.15, 0.2) is 0 Å². The number of ether oxygens (including phenoxy) is 4. The van der Waals surface area contributed by atoms with Gasteiger partial charge in [0.15, 0.2) is 6.29 Å². The molecule has 0 aromatic rings. The van der Waals surface area contributed by atoms with E-state index in [2.05, 4.69) is 13.8 Å². The lowest BCUT2D eigenvalue weighted by molar-refractivity contribution is -0.149. The van der Waals surface area contributed by atoms with Gasteiger partial charge in [0.2, 0.25) is 0 Å². The molecule has 0 aliphatic carbocycles. The van der Waals surface area contributed by atoms with Crippen molar-refractivity contribution in [2.24, 2.45) is 0 Å². The lowest BCUT2D eigenvalue weighted by atomic mass is 10.1. The summed E-state index contributed by atoms with van der Waals surface area (Å²) in [5, 5.41) is 9.93. The molecular formula is C14H28O5. The zero-order valence-corrected chi connectivity index (χ0v) is 12.3. The van der Waals surface area contributed by atoms with Crippen molar-refractivity contribution in [3.63, 3.8) is 0 Å². The lowest BCUT2D eigenvalue weighted by Gasteiger charge is -2.23. The molecule has 114 valence electrons. The van der Waals surface area contributed by atoms with E-state index in [4.69, 9.17) is 18.9 Å². The smallest absolute Gasteiger partial charge is 0.184 e. The molecule has 0 radical (unpaired) electrons. The molecule has 0 aromatic heterocycles. The van der Waals surface area contributed by atoms with Gasteiger partial charge in [0.05, 0.1) is 6.61 Å². The Hall–Kier alpha value is -0.200. The Labute approximate surface area is 116 Å². The van der Waals surface area contributed by atoms with Crippen molar-refractivity contribution in [1.29, 1.82) is 0 Å². The average molecular weight is 276 g/mol. The van der Waals surface area contributed by atoms with Crippen LogP contribution in [0.5, 0.6) is 0 Å². The highest BCUT2D eigenvalue weighted by Crippen LogP contribution is 2.26. The quantitative estimate of drug-likeness (QED) is 0.616. The normalized spacial score (nSPS) is 30.9. The van der Waals surface area contributed by atoms with Crippen molar-refractivity contribution >= 4 is 0 Å². The first-order chi connectivity index (χ1) is 9.24. The predicted molar refractivity (Wildman–Crippen MR) is 72.1 cm³/mol. The van der Waals surface area contributed by atoms with Crippen LogP contribution in [0.4, 0.5) is 0 Å². The summed E-state index contributed by atoms with van der Waals surface area (Å²) in [6.07, 6.45) is 0.945. The Morgan fingerprint density at radius 2 is 1.47 bits per heavy atom. The average Bonchev–Trinajstić information content (AvgIpc) is 2.70. The van der Waals surface area contributed by atoms with E-state index in [-0.39, 0.29) is 12.2 Å². The Kier molecular flexibility index (Phi) is 8.57. The van der Waals surface area contributed by atoms with Crippen LogP contribution in [0, 0.1) is 0 Å². The minimum Gasteiger partial charge on any atom is -0.379 e. The Balaban J connectivity index is 2.52. The van der Waals surface area contributed by atoms with E-state index in [1.165, 1.54) is 0 Å². The highest BCUT2D eigenvalue weighted by Gasteiger charge is 2.45. The van der Waals surface area contributed by atoms with Crippen molar-refractivity contribution in [3.05, 3.63) is 0 Å². The van der Waals surface area contributed by atoms with E-state index < -0.39 is 12.4 Å². The van der Waals surface area contributed by atoms with Crippen molar-refractivity contribution in [3.8, 4) is 0 Å². The second-order valence-electron chi connectivity index (χ2n) is 4.81. The number of hydrogen-bond acceptors (Lipinski definition) is 5. The third kappa shape index (κ3) is 5.36. The van der Waals surface area contributed by atoms with Crippen LogP contribution in [0.1, 0.15) is 40.0 Å². The summed E-state index contributed by atoms with van der Waals surface area (Å²) in [5.74, 6) is 0. The molecule has 1 heterocycles. The van der Waals surface area contributed by atoms with Crippen LogP contribution in [-0.4, -0.2) is 56.1 Å². The molecule has 1 unspecified atom stereocenters. The first-order valence-corrected chi connectivity index (χ1v) is 7.39. The van der Waals surface area contributed by atoms with E-state index in [0.29, 0.717) is 26.4 Å². The second-order valence-corrected chi connectivity index (χ2v) is 4.81. The molecule has 1 N–H and O–H groups in total. The van der Waals surface area contributed by atoms with E-state index in [9.17, 15) is 5.11 Å². The summed E-state index contributed by atoms with van der Waals surface area (Å²) >= 11 is 0. The highest BCUT2D eigenvalue weighted by atomic mass is 16.7. The molecule has 1 saturated heterocycles.